The van der Waals surface area contributed by atoms with Crippen LogP contribution in [0.15, 0.2) is 35.1 Å². The molecule has 3 rings (SSSR count). The van der Waals surface area contributed by atoms with Crippen molar-refractivity contribution in [3.8, 4) is 11.4 Å². The molecule has 1 aromatic heterocycles. The van der Waals surface area contributed by atoms with Crippen LogP contribution in [0.2, 0.25) is 10.0 Å². The molecule has 0 aliphatic carbocycles. The van der Waals surface area contributed by atoms with E-state index in [1.165, 1.54) is 39.1 Å². The standard InChI is InChI=1S/C22H20Cl2F4N4O4/c1-10(22(26,27)28)36-16-9-15(32-20(34)31(4)19(30-32)21(2,3)35)14(25)8-11(16)18(33)29-17-12(23)6-5-7-13(17)24/h5-10,35H,1-4H3,(H,29,33)/t10-/m0/s1. The maximum atomic E-state index is 15.2. The number of hydrogen-bond donors (Lipinski definition) is 2. The average molecular weight is 551 g/mol. The second kappa shape index (κ2) is 9.75. The number of carbonyl (C=O) groups is 1. The van der Waals surface area contributed by atoms with Gasteiger partial charge in [0.2, 0.25) is 0 Å². The van der Waals surface area contributed by atoms with E-state index >= 15 is 4.39 Å². The van der Waals surface area contributed by atoms with Gasteiger partial charge in [0.1, 0.15) is 22.9 Å². The van der Waals surface area contributed by atoms with E-state index in [-0.39, 0.29) is 21.6 Å². The molecule has 0 saturated carbocycles. The first-order valence-electron chi connectivity index (χ1n) is 10.2. The van der Waals surface area contributed by atoms with Crippen LogP contribution in [0.5, 0.6) is 5.75 Å². The molecule has 0 saturated heterocycles. The molecular weight excluding hydrogens is 531 g/mol. The molecule has 14 heteroatoms. The molecule has 0 bridgehead atoms. The Morgan fingerprint density at radius 3 is 2.28 bits per heavy atom. The van der Waals surface area contributed by atoms with Crippen molar-refractivity contribution in [3.63, 3.8) is 0 Å². The first-order chi connectivity index (χ1) is 16.5. The van der Waals surface area contributed by atoms with Gasteiger partial charge in [-0.3, -0.25) is 9.36 Å². The van der Waals surface area contributed by atoms with Crippen LogP contribution in [0.3, 0.4) is 0 Å². The molecule has 0 fully saturated rings. The molecule has 0 spiro atoms. The molecule has 1 amide bonds. The van der Waals surface area contributed by atoms with E-state index in [0.29, 0.717) is 17.7 Å². The lowest BCUT2D eigenvalue weighted by Gasteiger charge is -2.20. The Labute approximate surface area is 212 Å². The minimum Gasteiger partial charge on any atom is -0.480 e. The topological polar surface area (TPSA) is 98.4 Å². The summed E-state index contributed by atoms with van der Waals surface area (Å²) in [5.74, 6) is -3.10. The summed E-state index contributed by atoms with van der Waals surface area (Å²) in [5.41, 5.74) is -3.80. The highest BCUT2D eigenvalue weighted by Crippen LogP contribution is 2.34. The SMILES string of the molecule is C[C@H](Oc1cc(-n2nc(C(C)(C)O)n(C)c2=O)c(F)cc1C(=O)Nc1c(Cl)cccc1Cl)C(F)(F)F. The molecule has 2 N–H and O–H groups in total. The predicted molar refractivity (Wildman–Crippen MR) is 125 cm³/mol. The zero-order valence-electron chi connectivity index (χ0n) is 19.2. The van der Waals surface area contributed by atoms with Gasteiger partial charge < -0.3 is 15.2 Å². The number of carbonyl (C=O) groups excluding carboxylic acids is 1. The Morgan fingerprint density at radius 2 is 1.78 bits per heavy atom. The summed E-state index contributed by atoms with van der Waals surface area (Å²) in [6.45, 7) is 3.36. The quantitative estimate of drug-likeness (QED) is 0.428. The fourth-order valence-corrected chi connectivity index (χ4v) is 3.65. The van der Waals surface area contributed by atoms with E-state index in [0.717, 1.165) is 10.6 Å². The van der Waals surface area contributed by atoms with Crippen molar-refractivity contribution in [2.45, 2.75) is 38.7 Å². The zero-order valence-corrected chi connectivity index (χ0v) is 20.8. The maximum Gasteiger partial charge on any atom is 0.425 e. The van der Waals surface area contributed by atoms with Crippen LogP contribution < -0.4 is 15.7 Å². The molecular formula is C22H20Cl2F4N4O4. The average Bonchev–Trinajstić information content (AvgIpc) is 3.05. The van der Waals surface area contributed by atoms with Gasteiger partial charge in [0.25, 0.3) is 5.91 Å². The molecule has 194 valence electrons. The summed E-state index contributed by atoms with van der Waals surface area (Å²) in [7, 11) is 1.27. The highest BCUT2D eigenvalue weighted by atomic mass is 35.5. The lowest BCUT2D eigenvalue weighted by molar-refractivity contribution is -0.189. The molecule has 0 unspecified atom stereocenters. The first kappa shape index (κ1) is 27.5. The number of alkyl halides is 3. The molecule has 2 aromatic carbocycles. The first-order valence-corrected chi connectivity index (χ1v) is 11.0. The number of nitrogens with zero attached hydrogens (tertiary/aromatic N) is 3. The number of aromatic nitrogens is 3. The van der Waals surface area contributed by atoms with Crippen LogP contribution in [0, 0.1) is 5.82 Å². The number of benzene rings is 2. The van der Waals surface area contributed by atoms with E-state index in [4.69, 9.17) is 27.9 Å². The molecule has 1 heterocycles. The van der Waals surface area contributed by atoms with E-state index in [2.05, 4.69) is 10.4 Å². The number of amides is 1. The maximum absolute atomic E-state index is 15.2. The molecule has 0 aliphatic rings. The van der Waals surface area contributed by atoms with E-state index in [9.17, 15) is 27.9 Å². The van der Waals surface area contributed by atoms with Crippen molar-refractivity contribution < 1.29 is 32.2 Å². The van der Waals surface area contributed by atoms with E-state index in [1.807, 2.05) is 0 Å². The molecule has 1 atom stereocenters. The number of halogens is 6. The molecule has 0 aliphatic heterocycles. The second-order valence-electron chi connectivity index (χ2n) is 8.29. The number of aliphatic hydroxyl groups is 1. The number of anilines is 1. The van der Waals surface area contributed by atoms with Crippen LogP contribution in [0.4, 0.5) is 23.2 Å². The molecule has 3 aromatic rings. The summed E-state index contributed by atoms with van der Waals surface area (Å²) in [6.07, 6.45) is -7.23. The lowest BCUT2D eigenvalue weighted by atomic mass is 10.1. The Morgan fingerprint density at radius 1 is 1.19 bits per heavy atom. The van der Waals surface area contributed by atoms with Gasteiger partial charge in [-0.1, -0.05) is 29.3 Å². The highest BCUT2D eigenvalue weighted by molar-refractivity contribution is 6.40. The number of para-hydroxylation sites is 1. The molecule has 8 nitrogen and oxygen atoms in total. The van der Waals surface area contributed by atoms with Crippen LogP contribution in [0.25, 0.3) is 5.69 Å². The van der Waals surface area contributed by atoms with E-state index < -0.39 is 52.3 Å². The Balaban J connectivity index is 2.18. The minimum atomic E-state index is -4.83. The van der Waals surface area contributed by atoms with Gasteiger partial charge in [-0.15, -0.1) is 5.10 Å². The van der Waals surface area contributed by atoms with Crippen molar-refractivity contribution in [2.75, 3.05) is 5.32 Å². The van der Waals surface area contributed by atoms with Crippen LogP contribution >= 0.6 is 23.2 Å². The Bertz CT molecular complexity index is 1360. The van der Waals surface area contributed by atoms with Gasteiger partial charge in [-0.05, 0) is 39.0 Å². The van der Waals surface area contributed by atoms with Gasteiger partial charge in [0.15, 0.2) is 11.9 Å². The predicted octanol–water partition coefficient (Wildman–Crippen LogP) is 4.83. The van der Waals surface area contributed by atoms with Crippen LogP contribution in [-0.2, 0) is 12.6 Å². The number of nitrogens with one attached hydrogen (secondary N) is 1. The van der Waals surface area contributed by atoms with Gasteiger partial charge in [0.05, 0.1) is 21.3 Å². The number of rotatable bonds is 6. The van der Waals surface area contributed by atoms with Crippen molar-refractivity contribution in [2.24, 2.45) is 7.05 Å². The van der Waals surface area contributed by atoms with Crippen molar-refractivity contribution in [1.29, 1.82) is 0 Å². The number of ether oxygens (including phenoxy) is 1. The Kier molecular flexibility index (Phi) is 7.45. The van der Waals surface area contributed by atoms with Crippen molar-refractivity contribution in [3.05, 3.63) is 68.1 Å². The molecule has 36 heavy (non-hydrogen) atoms. The van der Waals surface area contributed by atoms with Crippen molar-refractivity contribution in [1.82, 2.24) is 14.3 Å². The Hall–Kier alpha value is -3.09. The summed E-state index contributed by atoms with van der Waals surface area (Å²) in [5, 5.41) is 16.5. The largest absolute Gasteiger partial charge is 0.480 e. The third kappa shape index (κ3) is 5.50. The van der Waals surface area contributed by atoms with Gasteiger partial charge in [0, 0.05) is 13.1 Å². The lowest BCUT2D eigenvalue weighted by Crippen LogP contribution is -2.32. The van der Waals surface area contributed by atoms with E-state index in [1.54, 1.807) is 0 Å². The molecule has 0 radical (unpaired) electrons. The summed E-state index contributed by atoms with van der Waals surface area (Å²) >= 11 is 12.1. The number of hydrogen-bond acceptors (Lipinski definition) is 5. The van der Waals surface area contributed by atoms with Crippen LogP contribution in [0.1, 0.15) is 37.0 Å². The smallest absolute Gasteiger partial charge is 0.425 e. The van der Waals surface area contributed by atoms with Gasteiger partial charge in [-0.2, -0.15) is 17.9 Å². The third-order valence-corrected chi connectivity index (χ3v) is 5.65. The normalized spacial score (nSPS) is 13.0. The third-order valence-electron chi connectivity index (χ3n) is 5.02. The summed E-state index contributed by atoms with van der Waals surface area (Å²) < 4.78 is 61.4. The van der Waals surface area contributed by atoms with Gasteiger partial charge >= 0.3 is 11.9 Å². The fourth-order valence-electron chi connectivity index (χ4n) is 3.16. The monoisotopic (exact) mass is 550 g/mol. The summed E-state index contributed by atoms with van der Waals surface area (Å²) in [4.78, 5) is 25.6. The second-order valence-corrected chi connectivity index (χ2v) is 9.10. The van der Waals surface area contributed by atoms with Crippen molar-refractivity contribution >= 4 is 34.8 Å². The van der Waals surface area contributed by atoms with Gasteiger partial charge in [-0.25, -0.2) is 9.18 Å². The fraction of sp³-hybridized carbons (Fsp3) is 0.318. The van der Waals surface area contributed by atoms with Crippen LogP contribution in [-0.4, -0.2) is 37.6 Å². The zero-order chi connectivity index (χ0) is 27.2. The highest BCUT2D eigenvalue weighted by Gasteiger charge is 2.39. The minimum absolute atomic E-state index is 0.0262. The summed E-state index contributed by atoms with van der Waals surface area (Å²) in [6, 6.07) is 5.65.